The van der Waals surface area contributed by atoms with Gasteiger partial charge in [0, 0.05) is 17.1 Å². The van der Waals surface area contributed by atoms with Gasteiger partial charge in [-0.05, 0) is 62.1 Å². The van der Waals surface area contributed by atoms with Crippen LogP contribution in [0.15, 0.2) is 59.8 Å². The van der Waals surface area contributed by atoms with Crippen LogP contribution in [0.4, 0.5) is 5.69 Å². The van der Waals surface area contributed by atoms with Crippen LogP contribution in [0.25, 0.3) is 5.69 Å². The van der Waals surface area contributed by atoms with E-state index in [1.165, 1.54) is 36.0 Å². The molecule has 0 unspecified atom stereocenters. The van der Waals surface area contributed by atoms with E-state index >= 15 is 0 Å². The number of rotatable bonds is 6. The summed E-state index contributed by atoms with van der Waals surface area (Å²) in [5.41, 5.74) is 4.33. The summed E-state index contributed by atoms with van der Waals surface area (Å²) in [4.78, 5) is 17.3. The first kappa shape index (κ1) is 18.6. The Kier molecular flexibility index (Phi) is 5.67. The number of fused-ring (bicyclic) bond motifs is 1. The molecule has 6 heteroatoms. The molecule has 1 aromatic heterocycles. The van der Waals surface area contributed by atoms with Crippen LogP contribution >= 0.6 is 11.8 Å². The quantitative estimate of drug-likeness (QED) is 0.627. The van der Waals surface area contributed by atoms with Crippen LogP contribution in [-0.4, -0.2) is 28.3 Å². The Morgan fingerprint density at radius 1 is 1.11 bits per heavy atom. The van der Waals surface area contributed by atoms with Crippen LogP contribution in [-0.2, 0) is 17.6 Å². The molecule has 4 rings (SSSR count). The van der Waals surface area contributed by atoms with Crippen LogP contribution in [0.5, 0.6) is 5.75 Å². The van der Waals surface area contributed by atoms with Crippen molar-refractivity contribution in [1.82, 2.24) is 9.55 Å². The second kappa shape index (κ2) is 8.52. The molecule has 1 amide bonds. The molecule has 1 N–H and O–H groups in total. The Labute approximate surface area is 169 Å². The van der Waals surface area contributed by atoms with Crippen LogP contribution in [0, 0.1) is 0 Å². The summed E-state index contributed by atoms with van der Waals surface area (Å²) >= 11 is 1.49. The normalized spacial score (nSPS) is 13.0. The minimum Gasteiger partial charge on any atom is -0.497 e. The summed E-state index contributed by atoms with van der Waals surface area (Å²) < 4.78 is 7.37. The number of nitrogens with one attached hydrogen (secondary N) is 1. The first-order chi connectivity index (χ1) is 13.7. The van der Waals surface area contributed by atoms with E-state index in [0.29, 0.717) is 5.75 Å². The number of anilines is 1. The second-order valence-corrected chi connectivity index (χ2v) is 7.67. The molecule has 1 aliphatic rings. The highest BCUT2D eigenvalue weighted by Gasteiger charge is 2.21. The summed E-state index contributed by atoms with van der Waals surface area (Å²) in [6.45, 7) is 0. The molecule has 1 heterocycles. The number of aromatic nitrogens is 2. The molecule has 5 nitrogen and oxygen atoms in total. The van der Waals surface area contributed by atoms with Gasteiger partial charge in [0.1, 0.15) is 5.75 Å². The van der Waals surface area contributed by atoms with Crippen molar-refractivity contribution in [3.8, 4) is 11.4 Å². The van der Waals surface area contributed by atoms with Gasteiger partial charge in [0.15, 0.2) is 5.16 Å². The highest BCUT2D eigenvalue weighted by atomic mass is 32.2. The Morgan fingerprint density at radius 2 is 1.86 bits per heavy atom. The van der Waals surface area contributed by atoms with E-state index in [0.717, 1.165) is 35.1 Å². The van der Waals surface area contributed by atoms with Crippen molar-refractivity contribution in [2.45, 2.75) is 30.8 Å². The molecule has 0 saturated carbocycles. The lowest BCUT2D eigenvalue weighted by Gasteiger charge is -2.15. The van der Waals surface area contributed by atoms with Gasteiger partial charge in [0.25, 0.3) is 0 Å². The average molecular weight is 394 g/mol. The van der Waals surface area contributed by atoms with Gasteiger partial charge in [0.2, 0.25) is 5.91 Å². The number of carbonyl (C=O) groups is 1. The Bertz CT molecular complexity index is 952. The number of ether oxygens (including phenoxy) is 1. The largest absolute Gasteiger partial charge is 0.497 e. The highest BCUT2D eigenvalue weighted by Crippen LogP contribution is 2.30. The fourth-order valence-corrected chi connectivity index (χ4v) is 4.31. The van der Waals surface area contributed by atoms with E-state index < -0.39 is 0 Å². The minimum absolute atomic E-state index is 0.0456. The van der Waals surface area contributed by atoms with Crippen molar-refractivity contribution in [3.63, 3.8) is 0 Å². The molecule has 144 valence electrons. The number of benzene rings is 2. The smallest absolute Gasteiger partial charge is 0.234 e. The Balaban J connectivity index is 1.49. The van der Waals surface area contributed by atoms with Crippen molar-refractivity contribution in [1.29, 1.82) is 0 Å². The number of amides is 1. The molecule has 3 aromatic rings. The van der Waals surface area contributed by atoms with Gasteiger partial charge in [-0.25, -0.2) is 4.98 Å². The van der Waals surface area contributed by atoms with E-state index in [-0.39, 0.29) is 5.91 Å². The number of aryl methyl sites for hydroxylation is 1. The number of para-hydroxylation sites is 1. The van der Waals surface area contributed by atoms with Crippen molar-refractivity contribution >= 4 is 23.4 Å². The van der Waals surface area contributed by atoms with E-state index in [9.17, 15) is 4.79 Å². The van der Waals surface area contributed by atoms with Crippen molar-refractivity contribution in [2.24, 2.45) is 0 Å². The first-order valence-electron chi connectivity index (χ1n) is 9.47. The number of imidazole rings is 1. The third kappa shape index (κ3) is 4.07. The lowest BCUT2D eigenvalue weighted by atomic mass is 10.0. The Hall–Kier alpha value is -2.73. The molecule has 0 radical (unpaired) electrons. The molecule has 0 aliphatic heterocycles. The lowest BCUT2D eigenvalue weighted by molar-refractivity contribution is -0.113. The number of thioether (sulfide) groups is 1. The van der Waals surface area contributed by atoms with E-state index in [1.54, 1.807) is 7.11 Å². The van der Waals surface area contributed by atoms with Gasteiger partial charge in [-0.3, -0.25) is 9.36 Å². The number of hydrogen-bond acceptors (Lipinski definition) is 4. The van der Waals surface area contributed by atoms with Crippen LogP contribution < -0.4 is 10.1 Å². The van der Waals surface area contributed by atoms with Gasteiger partial charge >= 0.3 is 0 Å². The summed E-state index contributed by atoms with van der Waals surface area (Å²) in [6.07, 6.45) is 4.42. The zero-order valence-electron chi connectivity index (χ0n) is 15.9. The molecule has 0 bridgehead atoms. The van der Waals surface area contributed by atoms with Crippen molar-refractivity contribution in [3.05, 3.63) is 66.0 Å². The van der Waals surface area contributed by atoms with Gasteiger partial charge in [0.05, 0.1) is 18.6 Å². The molecule has 0 atom stereocenters. The van der Waals surface area contributed by atoms with Crippen LogP contribution in [0.3, 0.4) is 0 Å². The van der Waals surface area contributed by atoms with Crippen LogP contribution in [0.1, 0.15) is 24.2 Å². The number of methoxy groups -OCH3 is 1. The summed E-state index contributed by atoms with van der Waals surface area (Å²) in [6, 6.07) is 17.6. The van der Waals surface area contributed by atoms with Gasteiger partial charge in [-0.15, -0.1) is 0 Å². The van der Waals surface area contributed by atoms with Crippen molar-refractivity contribution in [2.75, 3.05) is 18.2 Å². The van der Waals surface area contributed by atoms with Crippen LogP contribution in [0.2, 0.25) is 0 Å². The molecule has 0 spiro atoms. The number of hydrogen-bond donors (Lipinski definition) is 1. The molecule has 1 aliphatic carbocycles. The standard InChI is InChI=1S/C22H23N3O2S/c1-27-18-13-11-16(12-14-18)23-21(26)15-28-22-24-19-9-5-6-10-20(19)25(22)17-7-3-2-4-8-17/h2-4,7-8,11-14H,5-6,9-10,15H2,1H3,(H,23,26). The molecular formula is C22H23N3O2S. The maximum Gasteiger partial charge on any atom is 0.234 e. The predicted octanol–water partition coefficient (Wildman–Crippen LogP) is 4.49. The first-order valence-corrected chi connectivity index (χ1v) is 10.5. The summed E-state index contributed by atoms with van der Waals surface area (Å²) in [5.74, 6) is 1.04. The fourth-order valence-electron chi connectivity index (χ4n) is 3.46. The van der Waals surface area contributed by atoms with Gasteiger partial charge in [-0.1, -0.05) is 30.0 Å². The zero-order valence-corrected chi connectivity index (χ0v) is 16.7. The monoisotopic (exact) mass is 393 g/mol. The molecule has 2 aromatic carbocycles. The predicted molar refractivity (Wildman–Crippen MR) is 113 cm³/mol. The Morgan fingerprint density at radius 3 is 2.61 bits per heavy atom. The SMILES string of the molecule is COc1ccc(NC(=O)CSc2nc3c(n2-c2ccccc2)CCCC3)cc1. The van der Waals surface area contributed by atoms with E-state index in [4.69, 9.17) is 9.72 Å². The van der Waals surface area contributed by atoms with Crippen molar-refractivity contribution < 1.29 is 9.53 Å². The lowest BCUT2D eigenvalue weighted by Crippen LogP contribution is -2.14. The maximum atomic E-state index is 12.4. The summed E-state index contributed by atoms with van der Waals surface area (Å²) in [7, 11) is 1.62. The third-order valence-electron chi connectivity index (χ3n) is 4.82. The average Bonchev–Trinajstić information content (AvgIpc) is 3.12. The second-order valence-electron chi connectivity index (χ2n) is 6.73. The zero-order chi connectivity index (χ0) is 19.3. The molecule has 0 saturated heterocycles. The maximum absolute atomic E-state index is 12.4. The summed E-state index contributed by atoms with van der Waals surface area (Å²) in [5, 5.41) is 3.82. The number of carbonyl (C=O) groups excluding carboxylic acids is 1. The third-order valence-corrected chi connectivity index (χ3v) is 5.76. The molecule has 0 fully saturated rings. The van der Waals surface area contributed by atoms with Gasteiger partial charge in [-0.2, -0.15) is 0 Å². The van der Waals surface area contributed by atoms with E-state index in [2.05, 4.69) is 22.0 Å². The van der Waals surface area contributed by atoms with E-state index in [1.807, 2.05) is 42.5 Å². The molecule has 28 heavy (non-hydrogen) atoms. The minimum atomic E-state index is -0.0456. The fraction of sp³-hybridized carbons (Fsp3) is 0.273. The number of nitrogens with zero attached hydrogens (tertiary/aromatic N) is 2. The highest BCUT2D eigenvalue weighted by molar-refractivity contribution is 7.99. The van der Waals surface area contributed by atoms with Gasteiger partial charge < -0.3 is 10.1 Å². The topological polar surface area (TPSA) is 56.1 Å². The molecular weight excluding hydrogens is 370 g/mol.